The molecule has 2 aromatic carbocycles. The Morgan fingerprint density at radius 1 is 1.17 bits per heavy atom. The molecule has 0 fully saturated rings. The van der Waals surface area contributed by atoms with Crippen molar-refractivity contribution in [3.8, 4) is 5.75 Å². The van der Waals surface area contributed by atoms with Gasteiger partial charge in [0.05, 0.1) is 21.5 Å². The van der Waals surface area contributed by atoms with E-state index in [1.807, 2.05) is 0 Å². The molecule has 0 saturated heterocycles. The minimum atomic E-state index is -3.65. The van der Waals surface area contributed by atoms with Crippen molar-refractivity contribution in [3.63, 3.8) is 0 Å². The zero-order valence-corrected chi connectivity index (χ0v) is 15.6. The van der Waals surface area contributed by atoms with Gasteiger partial charge in [0.1, 0.15) is 5.75 Å². The van der Waals surface area contributed by atoms with Crippen LogP contribution >= 0.6 is 31.9 Å². The Kier molecular flexibility index (Phi) is 4.24. The van der Waals surface area contributed by atoms with E-state index in [0.717, 1.165) is 0 Å². The normalized spacial score (nSPS) is 13.7. The van der Waals surface area contributed by atoms with Gasteiger partial charge in [-0.15, -0.1) is 0 Å². The summed E-state index contributed by atoms with van der Waals surface area (Å²) in [5.74, 6) is -0.588. The molecule has 1 aliphatic rings. The Morgan fingerprint density at radius 3 is 2.65 bits per heavy atom. The Hall–Kier alpha value is -1.38. The van der Waals surface area contributed by atoms with Crippen molar-refractivity contribution < 1.29 is 18.3 Å². The highest BCUT2D eigenvalue weighted by atomic mass is 79.9. The number of anilines is 1. The molecule has 23 heavy (non-hydrogen) atoms. The number of hydrogen-bond donors (Lipinski definition) is 2. The molecule has 3 rings (SSSR count). The lowest BCUT2D eigenvalue weighted by molar-refractivity contribution is -0.115. The fourth-order valence-corrected chi connectivity index (χ4v) is 5.12. The number of nitrogens with one attached hydrogen (secondary N) is 1. The van der Waals surface area contributed by atoms with Crippen LogP contribution in [0.1, 0.15) is 11.1 Å². The zero-order chi connectivity index (χ0) is 16.8. The summed E-state index contributed by atoms with van der Waals surface area (Å²) < 4.78 is 26.3. The highest BCUT2D eigenvalue weighted by Gasteiger charge is 2.23. The van der Waals surface area contributed by atoms with E-state index in [1.54, 1.807) is 18.2 Å². The van der Waals surface area contributed by atoms with Gasteiger partial charge in [-0.2, -0.15) is 0 Å². The molecule has 0 saturated carbocycles. The van der Waals surface area contributed by atoms with E-state index >= 15 is 0 Å². The largest absolute Gasteiger partial charge is 0.506 e. The summed E-state index contributed by atoms with van der Waals surface area (Å²) in [6.45, 7) is 0. The summed E-state index contributed by atoms with van der Waals surface area (Å²) >= 11 is 6.46. The second-order valence-corrected chi connectivity index (χ2v) is 8.96. The van der Waals surface area contributed by atoms with E-state index < -0.39 is 9.84 Å². The number of benzene rings is 2. The number of phenols is 1. The molecule has 0 atom stereocenters. The van der Waals surface area contributed by atoms with E-state index in [-0.39, 0.29) is 28.7 Å². The third-order valence-corrected chi connectivity index (χ3v) is 6.24. The van der Waals surface area contributed by atoms with Gasteiger partial charge in [0.2, 0.25) is 5.91 Å². The molecule has 0 aliphatic carbocycles. The molecule has 0 radical (unpaired) electrons. The van der Waals surface area contributed by atoms with Gasteiger partial charge in [-0.1, -0.05) is 15.9 Å². The fraction of sp³-hybridized carbons (Fsp3) is 0.133. The predicted molar refractivity (Wildman–Crippen MR) is 93.2 cm³/mol. The first-order chi connectivity index (χ1) is 10.8. The van der Waals surface area contributed by atoms with Crippen molar-refractivity contribution in [2.75, 3.05) is 5.32 Å². The van der Waals surface area contributed by atoms with Crippen LogP contribution in [0, 0.1) is 0 Å². The van der Waals surface area contributed by atoms with Gasteiger partial charge in [-0.3, -0.25) is 4.79 Å². The fourth-order valence-electron chi connectivity index (χ4n) is 2.42. The molecule has 1 aliphatic heterocycles. The molecule has 8 heteroatoms. The van der Waals surface area contributed by atoms with Gasteiger partial charge in [0.15, 0.2) is 9.84 Å². The van der Waals surface area contributed by atoms with Crippen molar-refractivity contribution >= 4 is 53.3 Å². The topological polar surface area (TPSA) is 83.5 Å². The summed E-state index contributed by atoms with van der Waals surface area (Å²) in [6.07, 6.45) is 0.173. The third kappa shape index (κ3) is 3.29. The van der Waals surface area contributed by atoms with E-state index in [0.29, 0.717) is 25.8 Å². The Balaban J connectivity index is 1.97. The first-order valence-corrected chi connectivity index (χ1v) is 9.82. The van der Waals surface area contributed by atoms with Crippen molar-refractivity contribution in [1.29, 1.82) is 0 Å². The Bertz CT molecular complexity index is 925. The number of sulfone groups is 1. The van der Waals surface area contributed by atoms with E-state index in [1.165, 1.54) is 12.1 Å². The first kappa shape index (κ1) is 16.5. The number of hydrogen-bond acceptors (Lipinski definition) is 4. The van der Waals surface area contributed by atoms with Crippen LogP contribution in [0.3, 0.4) is 0 Å². The van der Waals surface area contributed by atoms with Crippen LogP contribution < -0.4 is 5.32 Å². The summed E-state index contributed by atoms with van der Waals surface area (Å²) in [5, 5.41) is 12.7. The second-order valence-electron chi connectivity index (χ2n) is 5.20. The summed E-state index contributed by atoms with van der Waals surface area (Å²) in [6, 6.07) is 7.76. The standard InChI is InChI=1S/C15H11Br2NO4S/c16-10-3-9(15(20)12(17)6-10)7-23(21,22)11-1-2-13-8(4-11)5-14(19)18-13/h1-4,6,20H,5,7H2,(H,18,19). The number of aromatic hydroxyl groups is 1. The number of amides is 1. The number of carbonyl (C=O) groups excluding carboxylic acids is 1. The molecule has 0 aromatic heterocycles. The molecule has 120 valence electrons. The maximum Gasteiger partial charge on any atom is 0.228 e. The Labute approximate surface area is 149 Å². The van der Waals surface area contributed by atoms with Gasteiger partial charge >= 0.3 is 0 Å². The number of fused-ring (bicyclic) bond motifs is 1. The van der Waals surface area contributed by atoms with Gasteiger partial charge in [0, 0.05) is 15.7 Å². The second kappa shape index (κ2) is 5.92. The van der Waals surface area contributed by atoms with Crippen LogP contribution in [0.15, 0.2) is 44.2 Å². The van der Waals surface area contributed by atoms with Crippen molar-refractivity contribution in [2.24, 2.45) is 0 Å². The predicted octanol–water partition coefficient (Wildman–Crippen LogP) is 3.39. The average Bonchev–Trinajstić information content (AvgIpc) is 2.83. The summed E-state index contributed by atoms with van der Waals surface area (Å²) in [7, 11) is -3.65. The van der Waals surface area contributed by atoms with Crippen LogP contribution in [0.4, 0.5) is 5.69 Å². The molecule has 5 nitrogen and oxygen atoms in total. The first-order valence-electron chi connectivity index (χ1n) is 6.59. The lowest BCUT2D eigenvalue weighted by atomic mass is 10.2. The zero-order valence-electron chi connectivity index (χ0n) is 11.6. The third-order valence-electron chi connectivity index (χ3n) is 3.51. The molecule has 0 spiro atoms. The number of rotatable bonds is 3. The van der Waals surface area contributed by atoms with Crippen LogP contribution in [0.5, 0.6) is 5.75 Å². The highest BCUT2D eigenvalue weighted by Crippen LogP contribution is 2.34. The molecule has 0 unspecified atom stereocenters. The minimum absolute atomic E-state index is 0.102. The van der Waals surface area contributed by atoms with E-state index in [2.05, 4.69) is 37.2 Å². The lowest BCUT2D eigenvalue weighted by Crippen LogP contribution is -2.06. The molecule has 2 aromatic rings. The maximum absolute atomic E-state index is 12.6. The summed E-state index contributed by atoms with van der Waals surface area (Å²) in [4.78, 5) is 11.5. The molecule has 1 heterocycles. The van der Waals surface area contributed by atoms with Crippen LogP contribution in [-0.2, 0) is 26.8 Å². The van der Waals surface area contributed by atoms with Crippen molar-refractivity contribution in [3.05, 3.63) is 50.4 Å². The number of carbonyl (C=O) groups is 1. The van der Waals surface area contributed by atoms with Gasteiger partial charge in [0.25, 0.3) is 0 Å². The van der Waals surface area contributed by atoms with E-state index in [4.69, 9.17) is 0 Å². The van der Waals surface area contributed by atoms with Crippen molar-refractivity contribution in [1.82, 2.24) is 0 Å². The van der Waals surface area contributed by atoms with E-state index in [9.17, 15) is 18.3 Å². The van der Waals surface area contributed by atoms with Crippen LogP contribution in [0.2, 0.25) is 0 Å². The van der Waals surface area contributed by atoms with Gasteiger partial charge < -0.3 is 10.4 Å². The molecule has 1 amide bonds. The molecule has 2 N–H and O–H groups in total. The van der Waals surface area contributed by atoms with Crippen LogP contribution in [0.25, 0.3) is 0 Å². The molecular weight excluding hydrogens is 450 g/mol. The Morgan fingerprint density at radius 2 is 1.91 bits per heavy atom. The quantitative estimate of drug-likeness (QED) is 0.735. The number of halogens is 2. The van der Waals surface area contributed by atoms with Crippen molar-refractivity contribution in [2.45, 2.75) is 17.1 Å². The molecular formula is C15H11Br2NO4S. The molecule has 0 bridgehead atoms. The average molecular weight is 461 g/mol. The maximum atomic E-state index is 12.6. The smallest absolute Gasteiger partial charge is 0.228 e. The lowest BCUT2D eigenvalue weighted by Gasteiger charge is -2.10. The van der Waals surface area contributed by atoms with Crippen LogP contribution in [-0.4, -0.2) is 19.4 Å². The van der Waals surface area contributed by atoms with Gasteiger partial charge in [-0.25, -0.2) is 8.42 Å². The number of phenolic OH excluding ortho intramolecular Hbond substituents is 1. The van der Waals surface area contributed by atoms with Gasteiger partial charge in [-0.05, 0) is 51.8 Å². The monoisotopic (exact) mass is 459 g/mol. The minimum Gasteiger partial charge on any atom is -0.506 e. The summed E-state index contributed by atoms with van der Waals surface area (Å²) in [5.41, 5.74) is 1.60. The highest BCUT2D eigenvalue weighted by molar-refractivity contribution is 9.11. The SMILES string of the molecule is O=C1Cc2cc(S(=O)(=O)Cc3cc(Br)cc(Br)c3O)ccc2N1.